The van der Waals surface area contributed by atoms with Crippen molar-refractivity contribution in [1.82, 2.24) is 29.7 Å². The molecule has 14 heteroatoms. The molecule has 0 radical (unpaired) electrons. The molecule has 3 aromatic rings. The number of hydrogen-bond donors (Lipinski definition) is 4. The topological polar surface area (TPSA) is 178 Å². The first-order valence-electron chi connectivity index (χ1n) is 13.3. The molecule has 2 saturated heterocycles. The Morgan fingerprint density at radius 1 is 1.20 bits per heavy atom. The van der Waals surface area contributed by atoms with E-state index in [-0.39, 0.29) is 34.5 Å². The maximum absolute atomic E-state index is 13.1. The number of piperidine rings is 1. The van der Waals surface area contributed by atoms with E-state index in [9.17, 15) is 24.2 Å². The maximum atomic E-state index is 13.1. The van der Waals surface area contributed by atoms with Crippen LogP contribution in [0.15, 0.2) is 30.6 Å². The first-order valence-corrected chi connectivity index (χ1v) is 13.3. The van der Waals surface area contributed by atoms with Crippen molar-refractivity contribution in [1.29, 1.82) is 0 Å². The van der Waals surface area contributed by atoms with Gasteiger partial charge in [0.1, 0.15) is 29.3 Å². The van der Waals surface area contributed by atoms with E-state index in [1.54, 1.807) is 11.8 Å². The fraction of sp³-hybridized carbons (Fsp3) is 0.444. The molecule has 216 valence electrons. The van der Waals surface area contributed by atoms with Crippen LogP contribution in [0.2, 0.25) is 0 Å². The number of likely N-dealkylation sites (N-methyl/N-ethyl adjacent to an activating group) is 1. The van der Waals surface area contributed by atoms with E-state index in [2.05, 4.69) is 32.1 Å². The Bertz CT molecular complexity index is 1480. The van der Waals surface area contributed by atoms with Gasteiger partial charge in [0.15, 0.2) is 23.8 Å². The lowest BCUT2D eigenvalue weighted by atomic mass is 9.94. The molecule has 2 aliphatic rings. The van der Waals surface area contributed by atoms with E-state index in [1.165, 1.54) is 35.2 Å². The highest BCUT2D eigenvalue weighted by atomic mass is 19.1. The number of hydrogen-bond acceptors (Lipinski definition) is 10. The Labute approximate surface area is 234 Å². The third kappa shape index (κ3) is 6.07. The van der Waals surface area contributed by atoms with Crippen LogP contribution < -0.4 is 15.8 Å². The van der Waals surface area contributed by atoms with E-state index in [4.69, 9.17) is 15.2 Å². The van der Waals surface area contributed by atoms with E-state index in [0.717, 1.165) is 12.8 Å². The second-order valence-electron chi connectivity index (χ2n) is 9.84. The zero-order valence-electron chi connectivity index (χ0n) is 22.2. The summed E-state index contributed by atoms with van der Waals surface area (Å²) in [5.74, 6) is 5.82. The molecular formula is C27H30FN7O6. The Balaban J connectivity index is 1.21. The van der Waals surface area contributed by atoms with Crippen molar-refractivity contribution in [3.63, 3.8) is 0 Å². The molecule has 5 N–H and O–H groups in total. The normalized spacial score (nSPS) is 22.8. The summed E-state index contributed by atoms with van der Waals surface area (Å²) >= 11 is 0. The highest BCUT2D eigenvalue weighted by molar-refractivity contribution is 5.83. The summed E-state index contributed by atoms with van der Waals surface area (Å²) in [6.07, 6.45) is -2.37. The molecule has 4 heterocycles. The number of benzene rings is 1. The van der Waals surface area contributed by atoms with Crippen LogP contribution >= 0.6 is 0 Å². The number of anilines is 1. The molecule has 0 bridgehead atoms. The summed E-state index contributed by atoms with van der Waals surface area (Å²) in [7, 11) is 0. The van der Waals surface area contributed by atoms with E-state index in [1.807, 2.05) is 0 Å². The first-order chi connectivity index (χ1) is 19.7. The van der Waals surface area contributed by atoms with Gasteiger partial charge >= 0.3 is 6.09 Å². The second kappa shape index (κ2) is 12.0. The molecule has 5 rings (SSSR count). The van der Waals surface area contributed by atoms with Crippen LogP contribution in [0.25, 0.3) is 11.2 Å². The average molecular weight is 568 g/mol. The number of carbonyl (C=O) groups excluding carboxylic acids is 2. The van der Waals surface area contributed by atoms with Gasteiger partial charge in [-0.25, -0.2) is 24.1 Å². The number of ether oxygens (including phenoxy) is 2. The van der Waals surface area contributed by atoms with Crippen molar-refractivity contribution < 1.29 is 33.7 Å². The molecule has 2 aromatic heterocycles. The highest BCUT2D eigenvalue weighted by Gasteiger charge is 2.47. The SMILES string of the molecule is CCNC(=O)[C@H]1O[C@@H](n2cnc3c(N)nc(C#CCC4CCN(C(=O)Oc5ccc(F)cc5)CC4)nc32)[C@H](O)[C@@H]1O. The van der Waals surface area contributed by atoms with Gasteiger partial charge in [-0.1, -0.05) is 5.92 Å². The summed E-state index contributed by atoms with van der Waals surface area (Å²) < 4.78 is 25.4. The second-order valence-corrected chi connectivity index (χ2v) is 9.84. The summed E-state index contributed by atoms with van der Waals surface area (Å²) in [5, 5.41) is 23.5. The highest BCUT2D eigenvalue weighted by Crippen LogP contribution is 2.32. The number of halogens is 1. The van der Waals surface area contributed by atoms with Gasteiger partial charge in [-0.15, -0.1) is 0 Å². The number of imidazole rings is 1. The molecule has 0 unspecified atom stereocenters. The van der Waals surface area contributed by atoms with E-state index >= 15 is 0 Å². The van der Waals surface area contributed by atoms with E-state index < -0.39 is 42.4 Å². The third-order valence-electron chi connectivity index (χ3n) is 7.05. The number of carbonyl (C=O) groups is 2. The van der Waals surface area contributed by atoms with Crippen LogP contribution in [0.5, 0.6) is 5.75 Å². The Hall–Kier alpha value is -4.32. The summed E-state index contributed by atoms with van der Waals surface area (Å²) in [5.41, 5.74) is 6.59. The number of aromatic nitrogens is 4. The van der Waals surface area contributed by atoms with E-state index in [0.29, 0.717) is 26.1 Å². The van der Waals surface area contributed by atoms with Crippen molar-refractivity contribution in [2.24, 2.45) is 5.92 Å². The van der Waals surface area contributed by atoms with Crippen LogP contribution in [-0.4, -0.2) is 84.6 Å². The summed E-state index contributed by atoms with van der Waals surface area (Å²) in [6, 6.07) is 5.28. The van der Waals surface area contributed by atoms with Gasteiger partial charge in [0, 0.05) is 26.1 Å². The molecule has 2 amide bonds. The van der Waals surface area contributed by atoms with Gasteiger partial charge in [0.2, 0.25) is 5.82 Å². The quantitative estimate of drug-likeness (QED) is 0.325. The molecule has 1 aromatic carbocycles. The minimum Gasteiger partial charge on any atom is -0.410 e. The predicted molar refractivity (Wildman–Crippen MR) is 143 cm³/mol. The van der Waals surface area contributed by atoms with Crippen molar-refractivity contribution in [2.75, 3.05) is 25.4 Å². The van der Waals surface area contributed by atoms with Gasteiger partial charge in [-0.2, -0.15) is 0 Å². The maximum Gasteiger partial charge on any atom is 0.415 e. The first kappa shape index (κ1) is 28.2. The van der Waals surface area contributed by atoms with Gasteiger partial charge < -0.3 is 35.6 Å². The number of amides is 2. The number of rotatable bonds is 5. The summed E-state index contributed by atoms with van der Waals surface area (Å²) in [6.45, 7) is 3.09. The fourth-order valence-corrected chi connectivity index (χ4v) is 4.82. The molecule has 2 fully saturated rings. The standard InChI is InChI=1S/C27H30FN7O6/c1-2-30-25(38)22-20(36)21(37)26(41-22)35-14-31-19-23(29)32-18(33-24(19)35)5-3-4-15-10-12-34(13-11-15)27(39)40-17-8-6-16(28)7-9-17/h6-9,14-15,20-22,26,36-37H,2,4,10-13H2,1H3,(H,30,38)(H2,29,32,33)/t20-,21+,22-,26+/m0/s1. The lowest BCUT2D eigenvalue weighted by molar-refractivity contribution is -0.137. The average Bonchev–Trinajstić information content (AvgIpc) is 3.51. The summed E-state index contributed by atoms with van der Waals surface area (Å²) in [4.78, 5) is 39.1. The van der Waals surface area contributed by atoms with Crippen molar-refractivity contribution >= 4 is 29.0 Å². The number of nitrogens with zero attached hydrogens (tertiary/aromatic N) is 5. The van der Waals surface area contributed by atoms with Crippen LogP contribution in [0, 0.1) is 23.6 Å². The largest absolute Gasteiger partial charge is 0.415 e. The van der Waals surface area contributed by atoms with Crippen LogP contribution in [-0.2, 0) is 9.53 Å². The Kier molecular flexibility index (Phi) is 8.29. The number of aliphatic hydroxyl groups excluding tert-OH is 2. The number of likely N-dealkylation sites (tertiary alicyclic amines) is 1. The number of aliphatic hydroxyl groups is 2. The molecule has 0 saturated carbocycles. The monoisotopic (exact) mass is 567 g/mol. The van der Waals surface area contributed by atoms with Gasteiger partial charge in [0.05, 0.1) is 6.33 Å². The molecule has 2 aliphatic heterocycles. The number of nitrogen functional groups attached to an aromatic ring is 1. The predicted octanol–water partition coefficient (Wildman–Crippen LogP) is 0.955. The van der Waals surface area contributed by atoms with Gasteiger partial charge in [0.25, 0.3) is 5.91 Å². The fourth-order valence-electron chi connectivity index (χ4n) is 4.82. The van der Waals surface area contributed by atoms with Crippen molar-refractivity contribution in [3.8, 4) is 17.6 Å². The lowest BCUT2D eigenvalue weighted by Gasteiger charge is -2.30. The molecule has 41 heavy (non-hydrogen) atoms. The van der Waals surface area contributed by atoms with Crippen molar-refractivity contribution in [3.05, 3.63) is 42.2 Å². The minimum absolute atomic E-state index is 0.0827. The number of nitrogens with two attached hydrogens (primary N) is 1. The number of fused-ring (bicyclic) bond motifs is 1. The molecule has 4 atom stereocenters. The van der Waals surface area contributed by atoms with Gasteiger partial charge in [-0.3, -0.25) is 9.36 Å². The zero-order chi connectivity index (χ0) is 29.1. The molecule has 13 nitrogen and oxygen atoms in total. The minimum atomic E-state index is -1.45. The lowest BCUT2D eigenvalue weighted by Crippen LogP contribution is -2.42. The molecule has 0 spiro atoms. The van der Waals surface area contributed by atoms with Gasteiger partial charge in [-0.05, 0) is 55.9 Å². The molecule has 0 aliphatic carbocycles. The van der Waals surface area contributed by atoms with Crippen LogP contribution in [0.4, 0.5) is 15.0 Å². The zero-order valence-corrected chi connectivity index (χ0v) is 22.2. The van der Waals surface area contributed by atoms with Crippen molar-refractivity contribution in [2.45, 2.75) is 50.7 Å². The Morgan fingerprint density at radius 3 is 2.63 bits per heavy atom. The smallest absolute Gasteiger partial charge is 0.410 e. The van der Waals surface area contributed by atoms with Crippen LogP contribution in [0.3, 0.4) is 0 Å². The number of nitrogens with one attached hydrogen (secondary N) is 1. The molecular weight excluding hydrogens is 537 g/mol. The Morgan fingerprint density at radius 2 is 1.93 bits per heavy atom. The van der Waals surface area contributed by atoms with Crippen LogP contribution in [0.1, 0.15) is 38.2 Å². The third-order valence-corrected chi connectivity index (χ3v) is 7.05.